The van der Waals surface area contributed by atoms with Crippen LogP contribution in [-0.4, -0.2) is 19.0 Å². The Labute approximate surface area is 80.7 Å². The summed E-state index contributed by atoms with van der Waals surface area (Å²) in [5, 5.41) is 0. The zero-order valence-electron chi connectivity index (χ0n) is 8.88. The van der Waals surface area contributed by atoms with Crippen LogP contribution in [0.1, 0.15) is 39.5 Å². The van der Waals surface area contributed by atoms with E-state index in [0.29, 0.717) is 11.7 Å². The van der Waals surface area contributed by atoms with Gasteiger partial charge in [-0.05, 0) is 31.6 Å². The fraction of sp³-hybridized carbons (Fsp3) is 0.909. The molecule has 0 radical (unpaired) electrons. The Morgan fingerprint density at radius 3 is 2.23 bits per heavy atom. The molecule has 76 valence electrons. The van der Waals surface area contributed by atoms with Crippen molar-refractivity contribution in [2.24, 2.45) is 11.8 Å². The van der Waals surface area contributed by atoms with Crippen LogP contribution in [0.5, 0.6) is 0 Å². The minimum Gasteiger partial charge on any atom is -0.373 e. The number of carbonyl (C=O) groups is 1. The van der Waals surface area contributed by atoms with E-state index in [1.165, 1.54) is 12.8 Å². The van der Waals surface area contributed by atoms with Crippen LogP contribution in [0.4, 0.5) is 0 Å². The van der Waals surface area contributed by atoms with Crippen LogP contribution in [-0.2, 0) is 9.53 Å². The fourth-order valence-electron chi connectivity index (χ4n) is 1.86. The first-order chi connectivity index (χ1) is 6.24. The van der Waals surface area contributed by atoms with Crippen LogP contribution >= 0.6 is 0 Å². The Balaban J connectivity index is 2.50. The van der Waals surface area contributed by atoms with E-state index in [9.17, 15) is 4.79 Å². The lowest BCUT2D eigenvalue weighted by molar-refractivity contribution is -0.134. The van der Waals surface area contributed by atoms with E-state index in [2.05, 4.69) is 13.8 Å². The number of rotatable bonds is 6. The van der Waals surface area contributed by atoms with E-state index in [1.807, 2.05) is 0 Å². The van der Waals surface area contributed by atoms with Crippen LogP contribution in [0.2, 0.25) is 0 Å². The lowest BCUT2D eigenvalue weighted by atomic mass is 9.92. The first-order valence-electron chi connectivity index (χ1n) is 5.31. The van der Waals surface area contributed by atoms with E-state index in [0.717, 1.165) is 12.8 Å². The van der Waals surface area contributed by atoms with Gasteiger partial charge in [-0.15, -0.1) is 0 Å². The third kappa shape index (κ3) is 2.53. The molecule has 0 saturated heterocycles. The molecular formula is C11H20O2. The molecule has 0 aromatic rings. The summed E-state index contributed by atoms with van der Waals surface area (Å²) in [6, 6.07) is 0. The van der Waals surface area contributed by atoms with Crippen molar-refractivity contribution < 1.29 is 9.53 Å². The molecule has 0 aliphatic heterocycles. The molecule has 1 aliphatic carbocycles. The van der Waals surface area contributed by atoms with Crippen molar-refractivity contribution in [3.8, 4) is 0 Å². The van der Waals surface area contributed by atoms with Gasteiger partial charge in [0.05, 0.1) is 0 Å². The van der Waals surface area contributed by atoms with E-state index >= 15 is 0 Å². The van der Waals surface area contributed by atoms with Crippen molar-refractivity contribution in [1.82, 2.24) is 0 Å². The van der Waals surface area contributed by atoms with Gasteiger partial charge in [0.2, 0.25) is 0 Å². The summed E-state index contributed by atoms with van der Waals surface area (Å²) in [5.41, 5.74) is 0. The summed E-state index contributed by atoms with van der Waals surface area (Å²) in [4.78, 5) is 11.9. The van der Waals surface area contributed by atoms with E-state index in [-0.39, 0.29) is 12.0 Å². The lowest BCUT2D eigenvalue weighted by Crippen LogP contribution is -2.31. The van der Waals surface area contributed by atoms with Crippen LogP contribution in [0.15, 0.2) is 0 Å². The van der Waals surface area contributed by atoms with Crippen LogP contribution in [0, 0.1) is 11.8 Å². The third-order valence-electron chi connectivity index (χ3n) is 2.97. The number of hydrogen-bond acceptors (Lipinski definition) is 2. The monoisotopic (exact) mass is 184 g/mol. The van der Waals surface area contributed by atoms with Gasteiger partial charge in [-0.2, -0.15) is 0 Å². The highest BCUT2D eigenvalue weighted by atomic mass is 16.5. The zero-order valence-corrected chi connectivity index (χ0v) is 8.88. The maximum Gasteiger partial charge on any atom is 0.164 e. The summed E-state index contributed by atoms with van der Waals surface area (Å²) >= 11 is 0. The SMILES string of the molecule is CCC(CC)C(=O)C(OC)C1CC1. The molecule has 1 aliphatic rings. The van der Waals surface area contributed by atoms with Gasteiger partial charge in [-0.25, -0.2) is 0 Å². The van der Waals surface area contributed by atoms with Gasteiger partial charge in [0.25, 0.3) is 0 Å². The normalized spacial score (nSPS) is 19.1. The molecule has 0 bridgehead atoms. The van der Waals surface area contributed by atoms with Crippen molar-refractivity contribution in [3.05, 3.63) is 0 Å². The average molecular weight is 184 g/mol. The molecule has 1 rings (SSSR count). The Hall–Kier alpha value is -0.370. The standard InChI is InChI=1S/C11H20O2/c1-4-8(5-2)10(12)11(13-3)9-6-7-9/h8-9,11H,4-7H2,1-3H3. The van der Waals surface area contributed by atoms with Crippen LogP contribution in [0.25, 0.3) is 0 Å². The summed E-state index contributed by atoms with van der Waals surface area (Å²) < 4.78 is 5.27. The fourth-order valence-corrected chi connectivity index (χ4v) is 1.86. The molecular weight excluding hydrogens is 164 g/mol. The highest BCUT2D eigenvalue weighted by molar-refractivity contribution is 5.86. The molecule has 0 heterocycles. The summed E-state index contributed by atoms with van der Waals surface area (Å²) in [5.74, 6) is 1.07. The Bertz CT molecular complexity index is 169. The Morgan fingerprint density at radius 1 is 1.38 bits per heavy atom. The van der Waals surface area contributed by atoms with E-state index < -0.39 is 0 Å². The van der Waals surface area contributed by atoms with Gasteiger partial charge >= 0.3 is 0 Å². The molecule has 0 spiro atoms. The largest absolute Gasteiger partial charge is 0.373 e. The number of carbonyl (C=O) groups excluding carboxylic acids is 1. The van der Waals surface area contributed by atoms with Gasteiger partial charge < -0.3 is 4.74 Å². The molecule has 1 fully saturated rings. The second kappa shape index (κ2) is 4.75. The minimum atomic E-state index is -0.107. The number of methoxy groups -OCH3 is 1. The summed E-state index contributed by atoms with van der Waals surface area (Å²) in [7, 11) is 1.66. The molecule has 0 amide bonds. The molecule has 2 nitrogen and oxygen atoms in total. The second-order valence-corrected chi connectivity index (χ2v) is 3.91. The third-order valence-corrected chi connectivity index (χ3v) is 2.97. The molecule has 1 saturated carbocycles. The highest BCUT2D eigenvalue weighted by Gasteiger charge is 2.38. The molecule has 1 atom stereocenters. The number of Topliss-reactive ketones (excluding diaryl/α,β-unsaturated/α-hetero) is 1. The maximum absolute atomic E-state index is 11.9. The maximum atomic E-state index is 11.9. The van der Waals surface area contributed by atoms with Gasteiger partial charge in [-0.3, -0.25) is 4.79 Å². The number of hydrogen-bond donors (Lipinski definition) is 0. The predicted octanol–water partition coefficient (Wildman–Crippen LogP) is 2.42. The molecule has 0 aromatic carbocycles. The van der Waals surface area contributed by atoms with Crippen molar-refractivity contribution in [2.45, 2.75) is 45.6 Å². The van der Waals surface area contributed by atoms with Crippen molar-refractivity contribution >= 4 is 5.78 Å². The molecule has 13 heavy (non-hydrogen) atoms. The van der Waals surface area contributed by atoms with Crippen LogP contribution < -0.4 is 0 Å². The summed E-state index contributed by atoms with van der Waals surface area (Å²) in [6.07, 6.45) is 4.13. The smallest absolute Gasteiger partial charge is 0.164 e. The van der Waals surface area contributed by atoms with Gasteiger partial charge in [0, 0.05) is 13.0 Å². The van der Waals surface area contributed by atoms with Crippen LogP contribution in [0.3, 0.4) is 0 Å². The first kappa shape index (κ1) is 10.7. The Morgan fingerprint density at radius 2 is 1.92 bits per heavy atom. The molecule has 0 aromatic heterocycles. The van der Waals surface area contributed by atoms with Gasteiger partial charge in [-0.1, -0.05) is 13.8 Å². The first-order valence-corrected chi connectivity index (χ1v) is 5.31. The van der Waals surface area contributed by atoms with Crippen molar-refractivity contribution in [1.29, 1.82) is 0 Å². The minimum absolute atomic E-state index is 0.107. The van der Waals surface area contributed by atoms with E-state index in [4.69, 9.17) is 4.74 Å². The molecule has 0 N–H and O–H groups in total. The highest BCUT2D eigenvalue weighted by Crippen LogP contribution is 2.36. The summed E-state index contributed by atoms with van der Waals surface area (Å²) in [6.45, 7) is 4.15. The zero-order chi connectivity index (χ0) is 9.84. The van der Waals surface area contributed by atoms with E-state index in [1.54, 1.807) is 7.11 Å². The lowest BCUT2D eigenvalue weighted by Gasteiger charge is -2.18. The molecule has 2 heteroatoms. The quantitative estimate of drug-likeness (QED) is 0.633. The number of ether oxygens (including phenoxy) is 1. The predicted molar refractivity (Wildman–Crippen MR) is 52.6 cm³/mol. The molecule has 1 unspecified atom stereocenters. The van der Waals surface area contributed by atoms with Crippen molar-refractivity contribution in [3.63, 3.8) is 0 Å². The topological polar surface area (TPSA) is 26.3 Å². The average Bonchev–Trinajstić information content (AvgIpc) is 2.92. The van der Waals surface area contributed by atoms with Gasteiger partial charge in [0.15, 0.2) is 5.78 Å². The number of ketones is 1. The van der Waals surface area contributed by atoms with Crippen molar-refractivity contribution in [2.75, 3.05) is 7.11 Å². The van der Waals surface area contributed by atoms with Gasteiger partial charge in [0.1, 0.15) is 6.10 Å². The second-order valence-electron chi connectivity index (χ2n) is 3.91. The Kier molecular flexibility index (Phi) is 3.91.